The molecule has 2 aromatic carbocycles. The van der Waals surface area contributed by atoms with E-state index in [1.54, 1.807) is 18.2 Å². The fourth-order valence-electron chi connectivity index (χ4n) is 3.65. The zero-order valence-corrected chi connectivity index (χ0v) is 18.0. The Hall–Kier alpha value is -2.25. The number of fused-ring (bicyclic) bond motifs is 1. The van der Waals surface area contributed by atoms with Crippen LogP contribution >= 0.6 is 0 Å². The highest BCUT2D eigenvalue weighted by atomic mass is 32.2. The number of hydrogen-bond acceptors (Lipinski definition) is 3. The number of amides is 1. The molecular weight excluding hydrogens is 391 g/mol. The molecule has 1 heterocycles. The summed E-state index contributed by atoms with van der Waals surface area (Å²) in [5, 5.41) is 5.95. The molecule has 156 valence electrons. The van der Waals surface area contributed by atoms with Gasteiger partial charge in [0, 0.05) is 6.42 Å². The Bertz CT molecular complexity index is 1040. The first kappa shape index (κ1) is 21.5. The fourth-order valence-corrected chi connectivity index (χ4v) is 4.69. The van der Waals surface area contributed by atoms with Gasteiger partial charge >= 0.3 is 0 Å². The van der Waals surface area contributed by atoms with Crippen molar-refractivity contribution in [1.82, 2.24) is 0 Å². The van der Waals surface area contributed by atoms with Crippen molar-refractivity contribution in [3.05, 3.63) is 58.4 Å². The van der Waals surface area contributed by atoms with Crippen LogP contribution in [0.4, 0.5) is 4.39 Å². The second kappa shape index (κ2) is 8.24. The number of halogens is 1. The van der Waals surface area contributed by atoms with Crippen LogP contribution in [0.1, 0.15) is 61.8 Å². The topological polar surface area (TPSA) is 81.8 Å². The number of hydrogen-bond donors (Lipinski definition) is 1. The largest absolute Gasteiger partial charge is 0.493 e. The average Bonchev–Trinajstić information content (AvgIpc) is 3.09. The minimum atomic E-state index is -3.38. The summed E-state index contributed by atoms with van der Waals surface area (Å²) in [4.78, 5) is 13.0. The van der Waals surface area contributed by atoms with Crippen molar-refractivity contribution in [1.29, 1.82) is 0 Å². The molecule has 0 saturated carbocycles. The molecule has 1 unspecified atom stereocenters. The summed E-state index contributed by atoms with van der Waals surface area (Å²) in [6, 6.07) is 7.90. The molecule has 29 heavy (non-hydrogen) atoms. The molecule has 0 bridgehead atoms. The lowest BCUT2D eigenvalue weighted by Gasteiger charge is -2.19. The van der Waals surface area contributed by atoms with E-state index < -0.39 is 15.8 Å². The van der Waals surface area contributed by atoms with E-state index in [1.165, 1.54) is 12.1 Å². The van der Waals surface area contributed by atoms with Crippen LogP contribution in [0.15, 0.2) is 39.6 Å². The van der Waals surface area contributed by atoms with E-state index in [2.05, 4.69) is 4.36 Å². The number of rotatable bonds is 5. The Morgan fingerprint density at radius 3 is 2.38 bits per heavy atom. The summed E-state index contributed by atoms with van der Waals surface area (Å²) in [7, 11) is -3.38. The van der Waals surface area contributed by atoms with Gasteiger partial charge in [-0.15, -0.1) is 4.36 Å². The zero-order valence-electron chi connectivity index (χ0n) is 17.2. The molecule has 3 rings (SSSR count). The van der Waals surface area contributed by atoms with Gasteiger partial charge in [0.05, 0.1) is 17.9 Å². The van der Waals surface area contributed by atoms with Gasteiger partial charge in [-0.25, -0.2) is 13.7 Å². The molecule has 0 radical (unpaired) electrons. The smallest absolute Gasteiger partial charge is 0.259 e. The third-order valence-electron chi connectivity index (χ3n) is 5.09. The zero-order chi connectivity index (χ0) is 21.3. The van der Waals surface area contributed by atoms with Gasteiger partial charge in [0.25, 0.3) is 5.91 Å². The van der Waals surface area contributed by atoms with Crippen LogP contribution in [-0.2, 0) is 27.6 Å². The fraction of sp³-hybridized carbons (Fsp3) is 0.409. The Morgan fingerprint density at radius 2 is 1.79 bits per heavy atom. The highest BCUT2D eigenvalue weighted by Crippen LogP contribution is 2.30. The van der Waals surface area contributed by atoms with Crippen LogP contribution in [0.3, 0.4) is 0 Å². The second-order valence-corrected chi connectivity index (χ2v) is 9.76. The first-order valence-electron chi connectivity index (χ1n) is 9.74. The van der Waals surface area contributed by atoms with Gasteiger partial charge in [-0.05, 0) is 64.4 Å². The normalized spacial score (nSPS) is 15.2. The van der Waals surface area contributed by atoms with Crippen molar-refractivity contribution < 1.29 is 18.1 Å². The SMILES string of the molecule is CC(C)c1cc(F)cc(C(C)C)c1CC(=O)N=S(N)(=O)c1ccc2c(c1)CCO2. The average molecular weight is 419 g/mol. The van der Waals surface area contributed by atoms with Crippen molar-refractivity contribution in [2.24, 2.45) is 9.50 Å². The summed E-state index contributed by atoms with van der Waals surface area (Å²) < 4.78 is 36.4. The van der Waals surface area contributed by atoms with Crippen LogP contribution in [0.5, 0.6) is 5.75 Å². The molecule has 1 atom stereocenters. The van der Waals surface area contributed by atoms with Gasteiger partial charge in [0.2, 0.25) is 0 Å². The number of carbonyl (C=O) groups is 1. The van der Waals surface area contributed by atoms with Crippen molar-refractivity contribution in [2.45, 2.75) is 57.3 Å². The van der Waals surface area contributed by atoms with E-state index in [0.717, 1.165) is 28.0 Å². The highest BCUT2D eigenvalue weighted by Gasteiger charge is 2.21. The lowest BCUT2D eigenvalue weighted by molar-refractivity contribution is -0.117. The molecule has 5 nitrogen and oxygen atoms in total. The number of benzene rings is 2. The molecule has 1 aliphatic rings. The molecule has 0 aromatic heterocycles. The van der Waals surface area contributed by atoms with E-state index in [0.29, 0.717) is 17.9 Å². The van der Waals surface area contributed by atoms with Gasteiger partial charge in [-0.2, -0.15) is 0 Å². The Morgan fingerprint density at radius 1 is 1.17 bits per heavy atom. The molecule has 7 heteroatoms. The number of carbonyl (C=O) groups excluding carboxylic acids is 1. The molecule has 0 spiro atoms. The predicted molar refractivity (Wildman–Crippen MR) is 112 cm³/mol. The van der Waals surface area contributed by atoms with Crippen LogP contribution in [0, 0.1) is 5.82 Å². The quantitative estimate of drug-likeness (QED) is 0.777. The molecule has 0 aliphatic carbocycles. The molecule has 0 saturated heterocycles. The molecule has 1 aliphatic heterocycles. The number of nitrogens with two attached hydrogens (primary N) is 1. The summed E-state index contributed by atoms with van der Waals surface area (Å²) >= 11 is 0. The highest BCUT2D eigenvalue weighted by molar-refractivity contribution is 7.91. The van der Waals surface area contributed by atoms with Crippen LogP contribution < -0.4 is 9.88 Å². The minimum absolute atomic E-state index is 0.0324. The van der Waals surface area contributed by atoms with Crippen LogP contribution in [0.2, 0.25) is 0 Å². The maximum absolute atomic E-state index is 14.1. The van der Waals surface area contributed by atoms with E-state index in [4.69, 9.17) is 9.88 Å². The second-order valence-electron chi connectivity index (χ2n) is 7.97. The van der Waals surface area contributed by atoms with Gasteiger partial charge in [-0.1, -0.05) is 27.7 Å². The van der Waals surface area contributed by atoms with E-state index in [-0.39, 0.29) is 24.1 Å². The lowest BCUT2D eigenvalue weighted by atomic mass is 9.87. The van der Waals surface area contributed by atoms with Crippen LogP contribution in [-0.4, -0.2) is 16.7 Å². The third-order valence-corrected chi connectivity index (χ3v) is 6.50. The number of nitrogens with zero attached hydrogens (tertiary/aromatic N) is 1. The van der Waals surface area contributed by atoms with Gasteiger partial charge in [0.15, 0.2) is 0 Å². The van der Waals surface area contributed by atoms with Crippen molar-refractivity contribution in [3.8, 4) is 5.75 Å². The molecule has 0 fully saturated rings. The molecule has 2 aromatic rings. The Labute approximate surface area is 171 Å². The predicted octanol–water partition coefficient (Wildman–Crippen LogP) is 4.48. The molecular formula is C22H27FN2O3S. The third kappa shape index (κ3) is 4.67. The van der Waals surface area contributed by atoms with E-state index in [9.17, 15) is 13.4 Å². The van der Waals surface area contributed by atoms with Gasteiger partial charge in [0.1, 0.15) is 21.5 Å². The van der Waals surface area contributed by atoms with E-state index >= 15 is 0 Å². The molecule has 2 N–H and O–H groups in total. The lowest BCUT2D eigenvalue weighted by Crippen LogP contribution is -2.17. The standard InChI is InChI=1S/C22H27FN2O3S/c1-13(2)18-10-16(23)11-19(14(3)4)20(18)12-22(26)25-29(24,27)17-5-6-21-15(9-17)7-8-28-21/h5-6,9-11,13-14H,7-8,12H2,1-4H3,(H2,24,25,26,27). The summed E-state index contributed by atoms with van der Waals surface area (Å²) in [6.07, 6.45) is 0.640. The molecule has 1 amide bonds. The van der Waals surface area contributed by atoms with Crippen molar-refractivity contribution in [2.75, 3.05) is 6.61 Å². The summed E-state index contributed by atoms with van der Waals surface area (Å²) in [5.74, 6) is -0.0993. The van der Waals surface area contributed by atoms with Crippen LogP contribution in [0.25, 0.3) is 0 Å². The monoisotopic (exact) mass is 418 g/mol. The van der Waals surface area contributed by atoms with Gasteiger partial charge in [-0.3, -0.25) is 4.79 Å². The first-order valence-corrected chi connectivity index (χ1v) is 11.3. The first-order chi connectivity index (χ1) is 13.6. The Balaban J connectivity index is 1.97. The van der Waals surface area contributed by atoms with Gasteiger partial charge < -0.3 is 4.74 Å². The van der Waals surface area contributed by atoms with Crippen molar-refractivity contribution >= 4 is 15.8 Å². The number of ether oxygens (including phenoxy) is 1. The maximum atomic E-state index is 14.1. The van der Waals surface area contributed by atoms with E-state index in [1.807, 2.05) is 27.7 Å². The Kier molecular flexibility index (Phi) is 6.10. The van der Waals surface area contributed by atoms with Crippen molar-refractivity contribution in [3.63, 3.8) is 0 Å². The summed E-state index contributed by atoms with van der Waals surface area (Å²) in [5.41, 5.74) is 3.17. The summed E-state index contributed by atoms with van der Waals surface area (Å²) in [6.45, 7) is 8.36. The minimum Gasteiger partial charge on any atom is -0.493 e. The maximum Gasteiger partial charge on any atom is 0.259 e.